The van der Waals surface area contributed by atoms with Crippen molar-refractivity contribution >= 4 is 18.0 Å². The summed E-state index contributed by atoms with van der Waals surface area (Å²) in [4.78, 5) is 33.5. The summed E-state index contributed by atoms with van der Waals surface area (Å²) in [6, 6.07) is -1.88. The van der Waals surface area contributed by atoms with Crippen LogP contribution < -0.4 is 10.6 Å². The molecule has 0 aliphatic heterocycles. The van der Waals surface area contributed by atoms with Gasteiger partial charge in [-0.3, -0.25) is 4.79 Å². The van der Waals surface area contributed by atoms with Crippen molar-refractivity contribution in [3.05, 3.63) is 11.6 Å². The number of carbonyl (C=O) groups excluding carboxylic acids is 2. The first-order chi connectivity index (χ1) is 9.52. The normalized spacial score (nSPS) is 15.2. The van der Waals surface area contributed by atoms with E-state index in [1.54, 1.807) is 0 Å². The van der Waals surface area contributed by atoms with Crippen LogP contribution in [-0.4, -0.2) is 42.8 Å². The summed E-state index contributed by atoms with van der Waals surface area (Å²) in [5.74, 6) is -1.96. The van der Waals surface area contributed by atoms with Gasteiger partial charge in [-0.2, -0.15) is 0 Å². The molecule has 112 valence electrons. The highest BCUT2D eigenvalue weighted by Crippen LogP contribution is 2.19. The number of methoxy groups -OCH3 is 1. The molecule has 3 N–H and O–H groups in total. The Labute approximate surface area is 117 Å². The number of nitrogens with one attached hydrogen (secondary N) is 2. The zero-order valence-corrected chi connectivity index (χ0v) is 11.5. The molecular weight excluding hydrogens is 264 g/mol. The second kappa shape index (κ2) is 8.19. The fraction of sp³-hybridized carbons (Fsp3) is 0.615. The Kier molecular flexibility index (Phi) is 6.55. The van der Waals surface area contributed by atoms with Gasteiger partial charge in [-0.1, -0.05) is 11.6 Å². The van der Waals surface area contributed by atoms with Gasteiger partial charge in [-0.25, -0.2) is 9.59 Å². The maximum absolute atomic E-state index is 11.5. The number of aliphatic carboxylic acids is 1. The first-order valence-electron chi connectivity index (χ1n) is 6.55. The van der Waals surface area contributed by atoms with E-state index in [2.05, 4.69) is 21.4 Å². The summed E-state index contributed by atoms with van der Waals surface area (Å²) >= 11 is 0. The molecular formula is C13H20N2O5. The SMILES string of the molecule is COC(=O)C[C@H](NC(=O)NCCC1=CCCC1)C(=O)O. The molecule has 0 radical (unpaired) electrons. The van der Waals surface area contributed by atoms with E-state index in [0.29, 0.717) is 6.54 Å². The maximum Gasteiger partial charge on any atom is 0.326 e. The van der Waals surface area contributed by atoms with Crippen molar-refractivity contribution in [1.29, 1.82) is 0 Å². The second-order valence-corrected chi connectivity index (χ2v) is 4.58. The topological polar surface area (TPSA) is 105 Å². The minimum atomic E-state index is -1.28. The van der Waals surface area contributed by atoms with Gasteiger partial charge in [0, 0.05) is 6.54 Å². The number of rotatable bonds is 7. The van der Waals surface area contributed by atoms with Crippen LogP contribution >= 0.6 is 0 Å². The minimum absolute atomic E-state index is 0.398. The molecule has 20 heavy (non-hydrogen) atoms. The number of ether oxygens (including phenoxy) is 1. The third-order valence-electron chi connectivity index (χ3n) is 3.07. The molecule has 1 rings (SSSR count). The summed E-state index contributed by atoms with van der Waals surface area (Å²) in [7, 11) is 1.16. The molecule has 0 aromatic rings. The zero-order chi connectivity index (χ0) is 15.0. The molecule has 0 unspecified atom stereocenters. The summed E-state index contributed by atoms with van der Waals surface area (Å²) in [5.41, 5.74) is 1.31. The molecule has 1 aliphatic rings. The van der Waals surface area contributed by atoms with Gasteiger partial charge < -0.3 is 20.5 Å². The number of hydrogen-bond donors (Lipinski definition) is 3. The van der Waals surface area contributed by atoms with Crippen LogP contribution in [0, 0.1) is 0 Å². The molecule has 7 nitrogen and oxygen atoms in total. The number of amides is 2. The van der Waals surface area contributed by atoms with Crippen LogP contribution in [0.2, 0.25) is 0 Å². The highest BCUT2D eigenvalue weighted by molar-refractivity contribution is 5.86. The number of allylic oxidation sites excluding steroid dienone is 1. The van der Waals surface area contributed by atoms with Crippen molar-refractivity contribution in [2.75, 3.05) is 13.7 Å². The maximum atomic E-state index is 11.5. The minimum Gasteiger partial charge on any atom is -0.480 e. The molecule has 2 amide bonds. The average Bonchev–Trinajstić information content (AvgIpc) is 2.90. The smallest absolute Gasteiger partial charge is 0.326 e. The van der Waals surface area contributed by atoms with Gasteiger partial charge in [0.05, 0.1) is 13.5 Å². The van der Waals surface area contributed by atoms with Crippen LogP contribution in [0.25, 0.3) is 0 Å². The molecule has 0 spiro atoms. The van der Waals surface area contributed by atoms with Gasteiger partial charge in [0.2, 0.25) is 0 Å². The second-order valence-electron chi connectivity index (χ2n) is 4.58. The number of urea groups is 1. The standard InChI is InChI=1S/C13H20N2O5/c1-20-11(16)8-10(12(17)18)15-13(19)14-7-6-9-4-2-3-5-9/h4,10H,2-3,5-8H2,1H3,(H,17,18)(H2,14,15,19)/t10-/m0/s1. The molecule has 0 fully saturated rings. The van der Waals surface area contributed by atoms with E-state index in [0.717, 1.165) is 32.8 Å². The summed E-state index contributed by atoms with van der Waals surface area (Å²) in [5, 5.41) is 13.7. The van der Waals surface area contributed by atoms with Crippen molar-refractivity contribution in [2.24, 2.45) is 0 Å². The Morgan fingerprint density at radius 3 is 2.75 bits per heavy atom. The largest absolute Gasteiger partial charge is 0.480 e. The van der Waals surface area contributed by atoms with E-state index in [1.807, 2.05) is 0 Å². The van der Waals surface area contributed by atoms with Crippen molar-refractivity contribution in [1.82, 2.24) is 10.6 Å². The lowest BCUT2D eigenvalue weighted by atomic mass is 10.2. The number of esters is 1. The van der Waals surface area contributed by atoms with E-state index >= 15 is 0 Å². The van der Waals surface area contributed by atoms with Crippen molar-refractivity contribution in [3.8, 4) is 0 Å². The highest BCUT2D eigenvalue weighted by atomic mass is 16.5. The van der Waals surface area contributed by atoms with Gasteiger partial charge in [0.25, 0.3) is 0 Å². The lowest BCUT2D eigenvalue weighted by Crippen LogP contribution is -2.47. The van der Waals surface area contributed by atoms with Crippen LogP contribution in [0.3, 0.4) is 0 Å². The van der Waals surface area contributed by atoms with Gasteiger partial charge in [-0.15, -0.1) is 0 Å². The highest BCUT2D eigenvalue weighted by Gasteiger charge is 2.23. The first-order valence-corrected chi connectivity index (χ1v) is 6.55. The molecule has 0 bridgehead atoms. The lowest BCUT2D eigenvalue weighted by molar-refractivity contribution is -0.147. The predicted molar refractivity (Wildman–Crippen MR) is 71.1 cm³/mol. The number of carboxylic acid groups (broad SMARTS) is 1. The molecule has 0 saturated heterocycles. The fourth-order valence-corrected chi connectivity index (χ4v) is 1.96. The van der Waals surface area contributed by atoms with Crippen molar-refractivity contribution < 1.29 is 24.2 Å². The Balaban J connectivity index is 2.30. The van der Waals surface area contributed by atoms with Gasteiger partial charge in [0.1, 0.15) is 6.04 Å². The van der Waals surface area contributed by atoms with E-state index in [9.17, 15) is 14.4 Å². The summed E-state index contributed by atoms with van der Waals surface area (Å²) in [6.07, 6.45) is 5.83. The van der Waals surface area contributed by atoms with E-state index in [-0.39, 0.29) is 0 Å². The average molecular weight is 284 g/mol. The molecule has 0 saturated carbocycles. The van der Waals surface area contributed by atoms with Crippen molar-refractivity contribution in [3.63, 3.8) is 0 Å². The van der Waals surface area contributed by atoms with Gasteiger partial charge in [-0.05, 0) is 25.7 Å². The third-order valence-corrected chi connectivity index (χ3v) is 3.07. The Bertz CT molecular complexity index is 406. The van der Waals surface area contributed by atoms with Crippen LogP contribution in [0.15, 0.2) is 11.6 Å². The number of hydrogen-bond acceptors (Lipinski definition) is 4. The van der Waals surface area contributed by atoms with E-state index in [4.69, 9.17) is 5.11 Å². The monoisotopic (exact) mass is 284 g/mol. The Morgan fingerprint density at radius 2 is 2.20 bits per heavy atom. The Morgan fingerprint density at radius 1 is 1.45 bits per heavy atom. The molecule has 0 heterocycles. The molecule has 1 atom stereocenters. The van der Waals surface area contributed by atoms with E-state index in [1.165, 1.54) is 5.57 Å². The fourth-order valence-electron chi connectivity index (χ4n) is 1.96. The number of carbonyl (C=O) groups is 3. The van der Waals surface area contributed by atoms with E-state index < -0.39 is 30.4 Å². The summed E-state index contributed by atoms with van der Waals surface area (Å²) in [6.45, 7) is 0.447. The van der Waals surface area contributed by atoms with Crippen LogP contribution in [-0.2, 0) is 14.3 Å². The van der Waals surface area contributed by atoms with Gasteiger partial charge >= 0.3 is 18.0 Å². The zero-order valence-electron chi connectivity index (χ0n) is 11.5. The van der Waals surface area contributed by atoms with Crippen LogP contribution in [0.1, 0.15) is 32.1 Å². The Hall–Kier alpha value is -2.05. The summed E-state index contributed by atoms with van der Waals surface area (Å²) < 4.78 is 4.38. The quantitative estimate of drug-likeness (QED) is 0.474. The molecule has 7 heteroatoms. The predicted octanol–water partition coefficient (Wildman–Crippen LogP) is 0.802. The van der Waals surface area contributed by atoms with Gasteiger partial charge in [0.15, 0.2) is 0 Å². The van der Waals surface area contributed by atoms with Crippen LogP contribution in [0.4, 0.5) is 4.79 Å². The molecule has 0 aromatic carbocycles. The first kappa shape index (κ1) is 16.0. The van der Waals surface area contributed by atoms with Crippen molar-refractivity contribution in [2.45, 2.75) is 38.1 Å². The number of carboxylic acids is 1. The van der Waals surface area contributed by atoms with Crippen LogP contribution in [0.5, 0.6) is 0 Å². The third kappa shape index (κ3) is 5.73. The molecule has 0 aromatic heterocycles. The molecule has 1 aliphatic carbocycles. The lowest BCUT2D eigenvalue weighted by Gasteiger charge is -2.14.